The number of carbonyl (C=O) groups excluding carboxylic acids is 1. The maximum absolute atomic E-state index is 11.2. The van der Waals surface area contributed by atoms with Gasteiger partial charge in [-0.2, -0.15) is 0 Å². The van der Waals surface area contributed by atoms with Crippen molar-refractivity contribution in [2.24, 2.45) is 11.8 Å². The summed E-state index contributed by atoms with van der Waals surface area (Å²) in [6.45, 7) is 5.25. The van der Waals surface area contributed by atoms with Crippen LogP contribution in [0.2, 0.25) is 0 Å². The second kappa shape index (κ2) is 8.02. The molecule has 1 amide bonds. The van der Waals surface area contributed by atoms with E-state index in [9.17, 15) is 4.79 Å². The van der Waals surface area contributed by atoms with E-state index in [1.165, 1.54) is 11.1 Å². The van der Waals surface area contributed by atoms with Crippen LogP contribution < -0.4 is 11.3 Å². The molecule has 1 aromatic carbocycles. The van der Waals surface area contributed by atoms with E-state index in [1.54, 1.807) is 0 Å². The van der Waals surface area contributed by atoms with Crippen LogP contribution in [-0.2, 0) is 11.3 Å². The third kappa shape index (κ3) is 4.94. The van der Waals surface area contributed by atoms with Crippen molar-refractivity contribution in [2.45, 2.75) is 40.2 Å². The Balaban J connectivity index is 0.00000200. The molecule has 0 aliphatic carbocycles. The van der Waals surface area contributed by atoms with Crippen molar-refractivity contribution in [3.8, 4) is 0 Å². The molecule has 0 radical (unpaired) electrons. The Bertz CT molecular complexity index is 408. The SMILES string of the molecule is C.Cc1ccc(CN2CCC(CC(=O)NN)CC2)cc1. The number of nitrogens with two attached hydrogens (primary N) is 1. The lowest BCUT2D eigenvalue weighted by molar-refractivity contribution is -0.122. The molecule has 0 aromatic heterocycles. The molecule has 1 fully saturated rings. The number of likely N-dealkylation sites (tertiary alicyclic amines) is 1. The van der Waals surface area contributed by atoms with E-state index in [1.807, 2.05) is 0 Å². The maximum Gasteiger partial charge on any atom is 0.234 e. The molecule has 0 unspecified atom stereocenters. The first-order chi connectivity index (χ1) is 9.17. The van der Waals surface area contributed by atoms with Gasteiger partial charge in [-0.05, 0) is 44.3 Å². The number of carbonyl (C=O) groups is 1. The molecule has 4 heteroatoms. The molecule has 1 saturated heterocycles. The molecular formula is C16H27N3O. The predicted octanol–water partition coefficient (Wildman–Crippen LogP) is 2.22. The second-order valence-electron chi connectivity index (χ2n) is 5.48. The van der Waals surface area contributed by atoms with Crippen LogP contribution in [0.5, 0.6) is 0 Å². The number of piperidine rings is 1. The fourth-order valence-electron chi connectivity index (χ4n) is 2.62. The van der Waals surface area contributed by atoms with E-state index >= 15 is 0 Å². The lowest BCUT2D eigenvalue weighted by Crippen LogP contribution is -2.37. The fraction of sp³-hybridized carbons (Fsp3) is 0.562. The van der Waals surface area contributed by atoms with Gasteiger partial charge in [0.2, 0.25) is 5.91 Å². The molecule has 1 heterocycles. The third-order valence-corrected chi connectivity index (χ3v) is 3.87. The summed E-state index contributed by atoms with van der Waals surface area (Å²) >= 11 is 0. The Morgan fingerprint density at radius 3 is 2.45 bits per heavy atom. The van der Waals surface area contributed by atoms with Gasteiger partial charge in [-0.3, -0.25) is 15.1 Å². The van der Waals surface area contributed by atoms with Gasteiger partial charge in [-0.15, -0.1) is 0 Å². The summed E-state index contributed by atoms with van der Waals surface area (Å²) in [4.78, 5) is 13.7. The van der Waals surface area contributed by atoms with E-state index in [0.717, 1.165) is 32.5 Å². The van der Waals surface area contributed by atoms with Crippen molar-refractivity contribution in [1.29, 1.82) is 0 Å². The average molecular weight is 277 g/mol. The minimum absolute atomic E-state index is 0. The summed E-state index contributed by atoms with van der Waals surface area (Å²) in [5, 5.41) is 0. The Kier molecular flexibility index (Phi) is 6.68. The summed E-state index contributed by atoms with van der Waals surface area (Å²) in [7, 11) is 0. The van der Waals surface area contributed by atoms with Crippen molar-refractivity contribution in [1.82, 2.24) is 10.3 Å². The van der Waals surface area contributed by atoms with Gasteiger partial charge in [-0.25, -0.2) is 5.84 Å². The first kappa shape index (κ1) is 16.7. The molecule has 1 aromatic rings. The maximum atomic E-state index is 11.2. The lowest BCUT2D eigenvalue weighted by Gasteiger charge is -2.31. The van der Waals surface area contributed by atoms with E-state index in [0.29, 0.717) is 12.3 Å². The Hall–Kier alpha value is -1.39. The fourth-order valence-corrected chi connectivity index (χ4v) is 2.62. The Labute approximate surface area is 122 Å². The Morgan fingerprint density at radius 2 is 1.90 bits per heavy atom. The van der Waals surface area contributed by atoms with Crippen LogP contribution in [0.25, 0.3) is 0 Å². The Morgan fingerprint density at radius 1 is 1.30 bits per heavy atom. The van der Waals surface area contributed by atoms with Crippen LogP contribution in [0.15, 0.2) is 24.3 Å². The highest BCUT2D eigenvalue weighted by atomic mass is 16.2. The topological polar surface area (TPSA) is 58.4 Å². The molecule has 3 N–H and O–H groups in total. The minimum Gasteiger partial charge on any atom is -0.299 e. The zero-order chi connectivity index (χ0) is 13.7. The van der Waals surface area contributed by atoms with Crippen molar-refractivity contribution in [3.05, 3.63) is 35.4 Å². The molecule has 1 aliphatic rings. The minimum atomic E-state index is -0.0445. The molecular weight excluding hydrogens is 250 g/mol. The van der Waals surface area contributed by atoms with Crippen molar-refractivity contribution >= 4 is 5.91 Å². The van der Waals surface area contributed by atoms with E-state index in [2.05, 4.69) is 41.5 Å². The number of aryl methyl sites for hydroxylation is 1. The summed E-state index contributed by atoms with van der Waals surface area (Å²) in [6.07, 6.45) is 2.73. The highest BCUT2D eigenvalue weighted by Crippen LogP contribution is 2.21. The van der Waals surface area contributed by atoms with Gasteiger partial charge in [0, 0.05) is 13.0 Å². The largest absolute Gasteiger partial charge is 0.299 e. The number of hydrogen-bond acceptors (Lipinski definition) is 3. The van der Waals surface area contributed by atoms with Gasteiger partial charge < -0.3 is 0 Å². The molecule has 1 aliphatic heterocycles. The highest BCUT2D eigenvalue weighted by molar-refractivity contribution is 5.75. The van der Waals surface area contributed by atoms with Gasteiger partial charge >= 0.3 is 0 Å². The normalized spacial score (nSPS) is 16.5. The molecule has 20 heavy (non-hydrogen) atoms. The first-order valence-electron chi connectivity index (χ1n) is 6.94. The highest BCUT2D eigenvalue weighted by Gasteiger charge is 2.21. The van der Waals surface area contributed by atoms with Crippen LogP contribution in [-0.4, -0.2) is 23.9 Å². The molecule has 4 nitrogen and oxygen atoms in total. The molecule has 0 spiro atoms. The predicted molar refractivity (Wildman–Crippen MR) is 82.9 cm³/mol. The summed E-state index contributed by atoms with van der Waals surface area (Å²) in [6, 6.07) is 8.72. The zero-order valence-corrected chi connectivity index (χ0v) is 11.6. The van der Waals surface area contributed by atoms with Crippen LogP contribution in [0.3, 0.4) is 0 Å². The number of benzene rings is 1. The number of rotatable bonds is 4. The van der Waals surface area contributed by atoms with Crippen LogP contribution in [0, 0.1) is 12.8 Å². The molecule has 2 rings (SSSR count). The van der Waals surface area contributed by atoms with Gasteiger partial charge in [0.25, 0.3) is 0 Å². The monoisotopic (exact) mass is 277 g/mol. The van der Waals surface area contributed by atoms with Crippen molar-refractivity contribution in [2.75, 3.05) is 13.1 Å². The third-order valence-electron chi connectivity index (χ3n) is 3.87. The number of hydrogen-bond donors (Lipinski definition) is 2. The van der Waals surface area contributed by atoms with Gasteiger partial charge in [0.15, 0.2) is 0 Å². The van der Waals surface area contributed by atoms with Crippen molar-refractivity contribution in [3.63, 3.8) is 0 Å². The van der Waals surface area contributed by atoms with Gasteiger partial charge in [-0.1, -0.05) is 37.3 Å². The molecule has 0 bridgehead atoms. The number of hydrazine groups is 1. The second-order valence-corrected chi connectivity index (χ2v) is 5.48. The summed E-state index contributed by atoms with van der Waals surface area (Å²) < 4.78 is 0. The molecule has 112 valence electrons. The smallest absolute Gasteiger partial charge is 0.234 e. The summed E-state index contributed by atoms with van der Waals surface area (Å²) in [5.41, 5.74) is 4.88. The van der Waals surface area contributed by atoms with Gasteiger partial charge in [0.05, 0.1) is 0 Å². The molecule has 0 atom stereocenters. The lowest BCUT2D eigenvalue weighted by atomic mass is 9.93. The standard InChI is InChI=1S/C15H23N3O.CH4/c1-12-2-4-14(5-3-12)11-18-8-6-13(7-9-18)10-15(19)17-16;/h2-5,13H,6-11,16H2,1H3,(H,17,19);1H4. The van der Waals surface area contributed by atoms with E-state index < -0.39 is 0 Å². The van der Waals surface area contributed by atoms with Crippen molar-refractivity contribution < 1.29 is 4.79 Å². The first-order valence-corrected chi connectivity index (χ1v) is 6.94. The number of nitrogens with zero attached hydrogens (tertiary/aromatic N) is 1. The number of nitrogens with one attached hydrogen (secondary N) is 1. The van der Waals surface area contributed by atoms with E-state index in [4.69, 9.17) is 5.84 Å². The average Bonchev–Trinajstić information content (AvgIpc) is 2.43. The van der Waals surface area contributed by atoms with Gasteiger partial charge in [0.1, 0.15) is 0 Å². The summed E-state index contributed by atoms with van der Waals surface area (Å²) in [5.74, 6) is 5.56. The van der Waals surface area contributed by atoms with Crippen LogP contribution in [0.4, 0.5) is 0 Å². The number of amides is 1. The van der Waals surface area contributed by atoms with E-state index in [-0.39, 0.29) is 13.3 Å². The zero-order valence-electron chi connectivity index (χ0n) is 11.6. The van der Waals surface area contributed by atoms with Crippen LogP contribution >= 0.6 is 0 Å². The quantitative estimate of drug-likeness (QED) is 0.504. The molecule has 0 saturated carbocycles. The van der Waals surface area contributed by atoms with Crippen LogP contribution in [0.1, 0.15) is 37.8 Å².